The van der Waals surface area contributed by atoms with E-state index in [2.05, 4.69) is 29.0 Å². The Morgan fingerprint density at radius 1 is 1.24 bits per heavy atom. The second kappa shape index (κ2) is 9.13. The van der Waals surface area contributed by atoms with E-state index in [0.717, 1.165) is 12.0 Å². The highest BCUT2D eigenvalue weighted by molar-refractivity contribution is 7.99. The number of H-pyrrole nitrogens is 1. The number of benzene rings is 1. The van der Waals surface area contributed by atoms with Crippen LogP contribution in [0.1, 0.15) is 37.5 Å². The highest BCUT2D eigenvalue weighted by Crippen LogP contribution is 2.37. The molecule has 9 heteroatoms. The third kappa shape index (κ3) is 4.45. The minimum atomic E-state index is -0.524. The molecular formula is C20H24N4O4S. The molecule has 29 heavy (non-hydrogen) atoms. The van der Waals surface area contributed by atoms with Crippen molar-refractivity contribution in [1.82, 2.24) is 19.1 Å². The maximum Gasteiger partial charge on any atom is 0.329 e. The quantitative estimate of drug-likeness (QED) is 0.448. The summed E-state index contributed by atoms with van der Waals surface area (Å²) >= 11 is 1.51. The van der Waals surface area contributed by atoms with Crippen LogP contribution < -0.4 is 11.2 Å². The summed E-state index contributed by atoms with van der Waals surface area (Å²) in [6.45, 7) is 4.37. The summed E-state index contributed by atoms with van der Waals surface area (Å²) in [4.78, 5) is 43.3. The van der Waals surface area contributed by atoms with Crippen molar-refractivity contribution < 1.29 is 9.53 Å². The van der Waals surface area contributed by atoms with E-state index in [0.29, 0.717) is 17.4 Å². The first-order valence-corrected chi connectivity index (χ1v) is 10.4. The number of aryl methyl sites for hydroxylation is 2. The molecule has 0 aliphatic carbocycles. The van der Waals surface area contributed by atoms with Gasteiger partial charge in [-0.05, 0) is 18.9 Å². The summed E-state index contributed by atoms with van der Waals surface area (Å²) in [5.74, 6) is -0.346. The number of imidazole rings is 1. The van der Waals surface area contributed by atoms with Crippen LogP contribution in [0, 0.1) is 0 Å². The maximum atomic E-state index is 12.5. The monoisotopic (exact) mass is 416 g/mol. The van der Waals surface area contributed by atoms with E-state index >= 15 is 0 Å². The lowest BCUT2D eigenvalue weighted by molar-refractivity contribution is -0.143. The maximum absolute atomic E-state index is 12.5. The normalized spacial score (nSPS) is 12.2. The predicted molar refractivity (Wildman–Crippen MR) is 112 cm³/mol. The Morgan fingerprint density at radius 2 is 1.97 bits per heavy atom. The first kappa shape index (κ1) is 20.9. The zero-order chi connectivity index (χ0) is 21.0. The fourth-order valence-corrected chi connectivity index (χ4v) is 4.29. The number of hydrogen-bond acceptors (Lipinski definition) is 6. The Labute approximate surface area is 171 Å². The van der Waals surface area contributed by atoms with Crippen LogP contribution in [0.4, 0.5) is 0 Å². The van der Waals surface area contributed by atoms with Gasteiger partial charge in [0, 0.05) is 18.8 Å². The van der Waals surface area contributed by atoms with E-state index in [1.165, 1.54) is 16.3 Å². The van der Waals surface area contributed by atoms with Gasteiger partial charge in [0.05, 0.1) is 13.0 Å². The molecule has 8 nitrogen and oxygen atoms in total. The van der Waals surface area contributed by atoms with Gasteiger partial charge in [-0.25, -0.2) is 9.78 Å². The van der Waals surface area contributed by atoms with E-state index in [1.54, 1.807) is 18.5 Å². The smallest absolute Gasteiger partial charge is 0.329 e. The number of nitrogens with one attached hydrogen (secondary N) is 1. The molecule has 1 unspecified atom stereocenters. The molecule has 0 saturated heterocycles. The minimum Gasteiger partial charge on any atom is -0.466 e. The number of aromatic nitrogens is 4. The summed E-state index contributed by atoms with van der Waals surface area (Å²) in [5.41, 5.74) is 0.685. The minimum absolute atomic E-state index is 0.108. The molecule has 2 aromatic heterocycles. The molecule has 1 N–H and O–H groups in total. The van der Waals surface area contributed by atoms with Crippen LogP contribution in [0.5, 0.6) is 0 Å². The van der Waals surface area contributed by atoms with Gasteiger partial charge in [-0.3, -0.25) is 19.1 Å². The van der Waals surface area contributed by atoms with Gasteiger partial charge in [0.25, 0.3) is 5.56 Å². The van der Waals surface area contributed by atoms with Crippen molar-refractivity contribution in [3.05, 3.63) is 56.7 Å². The number of hydrogen-bond donors (Lipinski definition) is 1. The van der Waals surface area contributed by atoms with Crippen LogP contribution in [0.25, 0.3) is 11.2 Å². The predicted octanol–water partition coefficient (Wildman–Crippen LogP) is 2.62. The number of carbonyl (C=O) groups is 1. The lowest BCUT2D eigenvalue weighted by Gasteiger charge is -2.15. The number of ether oxygens (including phenoxy) is 1. The number of esters is 1. The SMILES string of the molecule is CCOC(=O)CCn1c(SC(CC)c2ccccc2)nc2c1c(=O)[nH]c(=O)n2C. The zero-order valence-electron chi connectivity index (χ0n) is 16.7. The van der Waals surface area contributed by atoms with E-state index in [1.807, 2.05) is 18.2 Å². The summed E-state index contributed by atoms with van der Waals surface area (Å²) in [6, 6.07) is 10.0. The topological polar surface area (TPSA) is 99.0 Å². The Hall–Kier alpha value is -2.81. The van der Waals surface area contributed by atoms with Crippen molar-refractivity contribution in [2.45, 2.75) is 43.6 Å². The number of nitrogens with zero attached hydrogens (tertiary/aromatic N) is 3. The highest BCUT2D eigenvalue weighted by Gasteiger charge is 2.21. The first-order valence-electron chi connectivity index (χ1n) is 9.53. The molecule has 0 saturated carbocycles. The van der Waals surface area contributed by atoms with E-state index in [-0.39, 0.29) is 29.7 Å². The molecule has 0 amide bonds. The highest BCUT2D eigenvalue weighted by atomic mass is 32.2. The third-order valence-corrected chi connectivity index (χ3v) is 6.02. The van der Waals surface area contributed by atoms with Gasteiger partial charge in [0.2, 0.25) is 0 Å². The van der Waals surface area contributed by atoms with Crippen LogP contribution in [0.15, 0.2) is 45.1 Å². The van der Waals surface area contributed by atoms with Gasteiger partial charge >= 0.3 is 11.7 Å². The second-order valence-electron chi connectivity index (χ2n) is 6.52. The van der Waals surface area contributed by atoms with E-state index in [9.17, 15) is 14.4 Å². The average Bonchev–Trinajstić information content (AvgIpc) is 3.08. The summed E-state index contributed by atoms with van der Waals surface area (Å²) in [5, 5.41) is 0.706. The molecule has 2 heterocycles. The molecule has 0 aliphatic rings. The standard InChI is InChI=1S/C20H24N4O4S/c1-4-14(13-9-7-6-8-10-13)29-20-21-17-16(18(26)22-19(27)23(17)3)24(20)12-11-15(25)28-5-2/h6-10,14H,4-5,11-12H2,1-3H3,(H,22,26,27). The fourth-order valence-electron chi connectivity index (χ4n) is 3.13. The van der Waals surface area contributed by atoms with Gasteiger partial charge in [-0.1, -0.05) is 49.0 Å². The molecular weight excluding hydrogens is 392 g/mol. The molecule has 1 aromatic carbocycles. The number of aromatic amines is 1. The lowest BCUT2D eigenvalue weighted by atomic mass is 10.1. The molecule has 154 valence electrons. The van der Waals surface area contributed by atoms with E-state index in [4.69, 9.17) is 4.74 Å². The molecule has 0 aliphatic heterocycles. The van der Waals surface area contributed by atoms with Crippen molar-refractivity contribution in [3.63, 3.8) is 0 Å². The third-order valence-electron chi connectivity index (χ3n) is 4.61. The Kier molecular flexibility index (Phi) is 6.58. The average molecular weight is 417 g/mol. The van der Waals surface area contributed by atoms with Crippen molar-refractivity contribution >= 4 is 28.9 Å². The van der Waals surface area contributed by atoms with Crippen LogP contribution >= 0.6 is 11.8 Å². The largest absolute Gasteiger partial charge is 0.466 e. The van der Waals surface area contributed by atoms with Crippen LogP contribution in [-0.4, -0.2) is 31.7 Å². The Bertz CT molecular complexity index is 1120. The first-order chi connectivity index (χ1) is 14.0. The van der Waals surface area contributed by atoms with Crippen molar-refractivity contribution in [3.8, 4) is 0 Å². The van der Waals surface area contributed by atoms with Crippen LogP contribution in [0.3, 0.4) is 0 Å². The molecule has 0 spiro atoms. The second-order valence-corrected chi connectivity index (χ2v) is 7.69. The zero-order valence-corrected chi connectivity index (χ0v) is 17.5. The number of fused-ring (bicyclic) bond motifs is 1. The van der Waals surface area contributed by atoms with Gasteiger partial charge in [-0.15, -0.1) is 0 Å². The van der Waals surface area contributed by atoms with Crippen LogP contribution in [-0.2, 0) is 23.1 Å². The molecule has 3 aromatic rings. The van der Waals surface area contributed by atoms with Crippen molar-refractivity contribution in [2.24, 2.45) is 7.05 Å². The fraction of sp³-hybridized carbons (Fsp3) is 0.400. The van der Waals surface area contributed by atoms with Gasteiger partial charge < -0.3 is 9.30 Å². The van der Waals surface area contributed by atoms with Gasteiger partial charge in [-0.2, -0.15) is 0 Å². The van der Waals surface area contributed by atoms with Crippen molar-refractivity contribution in [2.75, 3.05) is 6.61 Å². The Balaban J connectivity index is 2.07. The Morgan fingerprint density at radius 3 is 2.62 bits per heavy atom. The molecule has 0 fully saturated rings. The number of carbonyl (C=O) groups excluding carboxylic acids is 1. The van der Waals surface area contributed by atoms with Crippen molar-refractivity contribution in [1.29, 1.82) is 0 Å². The summed E-state index contributed by atoms with van der Waals surface area (Å²) < 4.78 is 8.04. The van der Waals surface area contributed by atoms with Gasteiger partial charge in [0.1, 0.15) is 0 Å². The summed E-state index contributed by atoms with van der Waals surface area (Å²) in [6.07, 6.45) is 0.961. The van der Waals surface area contributed by atoms with Gasteiger partial charge in [0.15, 0.2) is 16.3 Å². The molecule has 0 bridgehead atoms. The molecule has 3 rings (SSSR count). The number of thioether (sulfide) groups is 1. The lowest BCUT2D eigenvalue weighted by Crippen LogP contribution is -2.29. The van der Waals surface area contributed by atoms with Crippen LogP contribution in [0.2, 0.25) is 0 Å². The van der Waals surface area contributed by atoms with E-state index < -0.39 is 11.2 Å². The summed E-state index contributed by atoms with van der Waals surface area (Å²) in [7, 11) is 1.56. The molecule has 0 radical (unpaired) electrons. The molecule has 1 atom stereocenters. The number of rotatable bonds is 8.